The molecule has 0 bridgehead atoms. The van der Waals surface area contributed by atoms with E-state index in [1.807, 2.05) is 41.0 Å². The smallest absolute Gasteiger partial charge is 0.233 e. The molecule has 3 heterocycles. The number of carbonyl (C=O) groups excluding carboxylic acids is 2. The number of furan rings is 1. The number of thioether (sulfide) groups is 1. The zero-order valence-corrected chi connectivity index (χ0v) is 16.4. The number of amides is 1. The van der Waals surface area contributed by atoms with Gasteiger partial charge in [-0.15, -0.1) is 10.2 Å². The van der Waals surface area contributed by atoms with Crippen LogP contribution in [0.2, 0.25) is 0 Å². The molecule has 1 amide bonds. The highest BCUT2D eigenvalue weighted by molar-refractivity contribution is 7.99. The van der Waals surface area contributed by atoms with Crippen LogP contribution >= 0.6 is 11.8 Å². The van der Waals surface area contributed by atoms with Crippen LogP contribution in [-0.2, 0) is 9.59 Å². The van der Waals surface area contributed by atoms with E-state index in [9.17, 15) is 14.7 Å². The maximum absolute atomic E-state index is 12.6. The van der Waals surface area contributed by atoms with Gasteiger partial charge in [0.2, 0.25) is 11.7 Å². The Morgan fingerprint density at radius 1 is 1.10 bits per heavy atom. The first-order valence-corrected chi connectivity index (χ1v) is 10.3. The van der Waals surface area contributed by atoms with Crippen molar-refractivity contribution in [1.82, 2.24) is 19.7 Å². The number of carboxylic acid groups (broad SMARTS) is 1. The Labute approximate surface area is 171 Å². The number of nitrogens with zero attached hydrogens (tertiary/aromatic N) is 4. The maximum Gasteiger partial charge on any atom is 0.233 e. The Balaban J connectivity index is 1.49. The molecule has 0 aliphatic carbocycles. The van der Waals surface area contributed by atoms with Gasteiger partial charge in [0.05, 0.1) is 12.0 Å². The van der Waals surface area contributed by atoms with E-state index in [0.29, 0.717) is 42.7 Å². The van der Waals surface area contributed by atoms with Crippen LogP contribution in [0.4, 0.5) is 0 Å². The van der Waals surface area contributed by atoms with Crippen molar-refractivity contribution in [3.63, 3.8) is 0 Å². The summed E-state index contributed by atoms with van der Waals surface area (Å²) in [6.45, 7) is 0.863. The van der Waals surface area contributed by atoms with Crippen molar-refractivity contribution in [2.45, 2.75) is 18.0 Å². The minimum Gasteiger partial charge on any atom is -0.550 e. The number of aliphatic carboxylic acids is 1. The van der Waals surface area contributed by atoms with E-state index in [2.05, 4.69) is 10.2 Å². The van der Waals surface area contributed by atoms with Crippen LogP contribution in [0, 0.1) is 5.92 Å². The van der Waals surface area contributed by atoms with Crippen LogP contribution in [-0.4, -0.2) is 50.4 Å². The molecule has 1 aliphatic rings. The molecular weight excluding hydrogens is 392 g/mol. The number of aromatic nitrogens is 3. The molecule has 0 atom stereocenters. The van der Waals surface area contributed by atoms with Gasteiger partial charge >= 0.3 is 0 Å². The lowest BCUT2D eigenvalue weighted by atomic mass is 9.97. The van der Waals surface area contributed by atoms with E-state index < -0.39 is 11.9 Å². The zero-order valence-electron chi connectivity index (χ0n) is 15.6. The van der Waals surface area contributed by atoms with Crippen molar-refractivity contribution >= 4 is 23.6 Å². The summed E-state index contributed by atoms with van der Waals surface area (Å²) in [7, 11) is 0. The predicted molar refractivity (Wildman–Crippen MR) is 104 cm³/mol. The van der Waals surface area contributed by atoms with Crippen molar-refractivity contribution in [3.05, 3.63) is 48.7 Å². The van der Waals surface area contributed by atoms with Gasteiger partial charge in [0, 0.05) is 30.7 Å². The molecule has 0 N–H and O–H groups in total. The van der Waals surface area contributed by atoms with E-state index in [-0.39, 0.29) is 11.7 Å². The van der Waals surface area contributed by atoms with Crippen molar-refractivity contribution in [2.75, 3.05) is 18.8 Å². The summed E-state index contributed by atoms with van der Waals surface area (Å²) in [6.07, 6.45) is 2.44. The topological polar surface area (TPSA) is 104 Å². The third-order valence-electron chi connectivity index (χ3n) is 4.90. The van der Waals surface area contributed by atoms with E-state index in [4.69, 9.17) is 4.42 Å². The molecule has 8 nitrogen and oxygen atoms in total. The number of para-hydroxylation sites is 1. The fourth-order valence-electron chi connectivity index (χ4n) is 3.32. The summed E-state index contributed by atoms with van der Waals surface area (Å²) in [6, 6.07) is 13.2. The molecule has 1 saturated heterocycles. The molecule has 1 aromatic carbocycles. The van der Waals surface area contributed by atoms with Crippen LogP contribution in [0.1, 0.15) is 12.8 Å². The summed E-state index contributed by atoms with van der Waals surface area (Å²) in [5.74, 6) is -0.209. The number of rotatable bonds is 6. The quantitative estimate of drug-likeness (QED) is 0.568. The first-order chi connectivity index (χ1) is 14.1. The van der Waals surface area contributed by atoms with Crippen LogP contribution in [0.3, 0.4) is 0 Å². The Bertz CT molecular complexity index is 979. The highest BCUT2D eigenvalue weighted by atomic mass is 32.2. The molecule has 29 heavy (non-hydrogen) atoms. The Morgan fingerprint density at radius 3 is 2.52 bits per heavy atom. The summed E-state index contributed by atoms with van der Waals surface area (Å²) in [4.78, 5) is 25.3. The van der Waals surface area contributed by atoms with Gasteiger partial charge < -0.3 is 19.2 Å². The molecule has 2 aromatic heterocycles. The van der Waals surface area contributed by atoms with Gasteiger partial charge in [0.25, 0.3) is 0 Å². The average Bonchev–Trinajstić information content (AvgIpc) is 3.42. The molecule has 1 fully saturated rings. The molecule has 0 spiro atoms. The molecule has 150 valence electrons. The summed E-state index contributed by atoms with van der Waals surface area (Å²) < 4.78 is 7.34. The Hall–Kier alpha value is -3.07. The van der Waals surface area contributed by atoms with E-state index in [1.54, 1.807) is 17.2 Å². The molecule has 9 heteroatoms. The Kier molecular flexibility index (Phi) is 5.66. The SMILES string of the molecule is O=C([O-])C1CCN(C(=O)CSc2nnc(-c3ccco3)n2-c2ccccc2)CC1. The second-order valence-electron chi connectivity index (χ2n) is 6.72. The van der Waals surface area contributed by atoms with Crippen molar-refractivity contribution in [3.8, 4) is 17.3 Å². The minimum atomic E-state index is -1.03. The number of likely N-dealkylation sites (tertiary alicyclic amines) is 1. The van der Waals surface area contributed by atoms with Crippen LogP contribution < -0.4 is 5.11 Å². The second kappa shape index (κ2) is 8.52. The molecule has 3 aromatic rings. The molecule has 1 aliphatic heterocycles. The molecular formula is C20H19N4O4S-. The van der Waals surface area contributed by atoms with E-state index in [0.717, 1.165) is 5.69 Å². The van der Waals surface area contributed by atoms with Gasteiger partial charge in [-0.25, -0.2) is 0 Å². The van der Waals surface area contributed by atoms with Gasteiger partial charge in [-0.2, -0.15) is 0 Å². The highest BCUT2D eigenvalue weighted by Gasteiger charge is 2.24. The summed E-state index contributed by atoms with van der Waals surface area (Å²) in [5, 5.41) is 20.1. The molecule has 0 unspecified atom stereocenters. The Morgan fingerprint density at radius 2 is 1.86 bits per heavy atom. The lowest BCUT2D eigenvalue weighted by molar-refractivity contribution is -0.312. The third-order valence-corrected chi connectivity index (χ3v) is 5.81. The highest BCUT2D eigenvalue weighted by Crippen LogP contribution is 2.28. The van der Waals surface area contributed by atoms with E-state index >= 15 is 0 Å². The van der Waals surface area contributed by atoms with Crippen molar-refractivity contribution < 1.29 is 19.1 Å². The zero-order chi connectivity index (χ0) is 20.2. The largest absolute Gasteiger partial charge is 0.550 e. The number of benzene rings is 1. The molecule has 0 radical (unpaired) electrons. The van der Waals surface area contributed by atoms with Gasteiger partial charge in [0.1, 0.15) is 0 Å². The normalized spacial score (nSPS) is 14.8. The number of carboxylic acids is 1. The number of carbonyl (C=O) groups is 2. The van der Waals surface area contributed by atoms with Gasteiger partial charge in [-0.3, -0.25) is 9.36 Å². The van der Waals surface area contributed by atoms with E-state index in [1.165, 1.54) is 11.8 Å². The van der Waals surface area contributed by atoms with Crippen LogP contribution in [0.5, 0.6) is 0 Å². The molecule has 0 saturated carbocycles. The monoisotopic (exact) mass is 411 g/mol. The first-order valence-electron chi connectivity index (χ1n) is 9.29. The summed E-state index contributed by atoms with van der Waals surface area (Å²) >= 11 is 1.30. The van der Waals surface area contributed by atoms with Crippen molar-refractivity contribution in [1.29, 1.82) is 0 Å². The fraction of sp³-hybridized carbons (Fsp3) is 0.300. The maximum atomic E-state index is 12.6. The van der Waals surface area contributed by atoms with Gasteiger partial charge in [-0.05, 0) is 37.1 Å². The van der Waals surface area contributed by atoms with Crippen LogP contribution in [0.15, 0.2) is 58.3 Å². The van der Waals surface area contributed by atoms with Gasteiger partial charge in [0.15, 0.2) is 10.9 Å². The second-order valence-corrected chi connectivity index (χ2v) is 7.66. The lowest BCUT2D eigenvalue weighted by Crippen LogP contribution is -2.44. The minimum absolute atomic E-state index is 0.0473. The number of hydrogen-bond acceptors (Lipinski definition) is 7. The lowest BCUT2D eigenvalue weighted by Gasteiger charge is -2.32. The predicted octanol–water partition coefficient (Wildman–Crippen LogP) is 1.61. The third kappa shape index (κ3) is 4.19. The van der Waals surface area contributed by atoms with Crippen molar-refractivity contribution in [2.24, 2.45) is 5.92 Å². The average molecular weight is 411 g/mol. The summed E-state index contributed by atoms with van der Waals surface area (Å²) in [5.41, 5.74) is 0.869. The molecule has 4 rings (SSSR count). The van der Waals surface area contributed by atoms with Crippen LogP contribution in [0.25, 0.3) is 17.3 Å². The number of piperidine rings is 1. The fourth-order valence-corrected chi connectivity index (χ4v) is 4.18. The first kappa shape index (κ1) is 19.3. The number of hydrogen-bond donors (Lipinski definition) is 0. The van der Waals surface area contributed by atoms with Gasteiger partial charge in [-0.1, -0.05) is 30.0 Å². The standard InChI is InChI=1S/C20H20N4O4S/c25-17(23-10-8-14(9-11-23)19(26)27)13-29-20-22-21-18(16-7-4-12-28-16)24(20)15-5-2-1-3-6-15/h1-7,12,14H,8-11,13H2,(H,26,27)/p-1.